The van der Waals surface area contributed by atoms with Crippen LogP contribution < -0.4 is 0 Å². The maximum Gasteiger partial charge on any atom is 0.0941 e. The molecule has 0 fully saturated rings. The molecule has 0 atom stereocenters. The molecule has 0 saturated heterocycles. The smallest absolute Gasteiger partial charge is 0.0941 e. The summed E-state index contributed by atoms with van der Waals surface area (Å²) in [4.78, 5) is 7.12. The lowest BCUT2D eigenvalue weighted by atomic mass is 10.2. The summed E-state index contributed by atoms with van der Waals surface area (Å²) in [7, 11) is 0. The van der Waals surface area contributed by atoms with E-state index < -0.39 is 0 Å². The highest BCUT2D eigenvalue weighted by atomic mass is 35.5. The fourth-order valence-electron chi connectivity index (χ4n) is 1.17. The van der Waals surface area contributed by atoms with Crippen LogP contribution in [0.3, 0.4) is 0 Å². The molecule has 1 N–H and O–H groups in total. The number of nitrogens with one attached hydrogen (secondary N) is 1. The highest BCUT2D eigenvalue weighted by Gasteiger charge is 2.06. The first-order chi connectivity index (χ1) is 5.83. The third-order valence-corrected chi connectivity index (χ3v) is 2.39. The zero-order chi connectivity index (χ0) is 8.55. The average Bonchev–Trinajstić information content (AvgIpc) is 2.52. The Morgan fingerprint density at radius 3 is 3.00 bits per heavy atom. The van der Waals surface area contributed by atoms with Gasteiger partial charge in [-0.15, -0.1) is 11.6 Å². The third kappa shape index (κ3) is 1.08. The van der Waals surface area contributed by atoms with Gasteiger partial charge in [-0.05, 0) is 12.1 Å². The van der Waals surface area contributed by atoms with Crippen LogP contribution in [0.5, 0.6) is 0 Å². The Morgan fingerprint density at radius 1 is 1.42 bits per heavy atom. The second-order valence-electron chi connectivity index (χ2n) is 2.46. The molecule has 2 nitrogen and oxygen atoms in total. The lowest BCUT2D eigenvalue weighted by Crippen LogP contribution is -1.82. The average molecular weight is 201 g/mol. The lowest BCUT2D eigenvalue weighted by molar-refractivity contribution is 1.33. The molecule has 0 saturated carbocycles. The topological polar surface area (TPSA) is 28.7 Å². The summed E-state index contributed by atoms with van der Waals surface area (Å²) in [6.45, 7) is 0. The minimum Gasteiger partial charge on any atom is -0.345 e. The number of fused-ring (bicyclic) bond motifs is 1. The van der Waals surface area contributed by atoms with Gasteiger partial charge in [0.15, 0.2) is 0 Å². The van der Waals surface area contributed by atoms with E-state index in [1.807, 2.05) is 12.1 Å². The highest BCUT2D eigenvalue weighted by molar-refractivity contribution is 6.33. The van der Waals surface area contributed by atoms with Crippen molar-refractivity contribution in [1.29, 1.82) is 0 Å². The van der Waals surface area contributed by atoms with Gasteiger partial charge in [-0.1, -0.05) is 11.6 Å². The molecule has 12 heavy (non-hydrogen) atoms. The number of alkyl halides is 1. The Hall–Kier alpha value is -0.730. The van der Waals surface area contributed by atoms with Crippen LogP contribution in [-0.4, -0.2) is 9.97 Å². The summed E-state index contributed by atoms with van der Waals surface area (Å²) >= 11 is 11.7. The number of aromatic nitrogens is 2. The van der Waals surface area contributed by atoms with Gasteiger partial charge >= 0.3 is 0 Å². The largest absolute Gasteiger partial charge is 0.345 e. The molecule has 0 bridgehead atoms. The van der Waals surface area contributed by atoms with Crippen molar-refractivity contribution in [2.45, 2.75) is 5.88 Å². The summed E-state index contributed by atoms with van der Waals surface area (Å²) in [5.41, 5.74) is 2.71. The van der Waals surface area contributed by atoms with Crippen LogP contribution in [0, 0.1) is 0 Å². The number of benzene rings is 1. The molecule has 0 amide bonds. The second-order valence-corrected chi connectivity index (χ2v) is 3.13. The molecule has 0 unspecified atom stereocenters. The van der Waals surface area contributed by atoms with Crippen LogP contribution in [0.25, 0.3) is 11.0 Å². The van der Waals surface area contributed by atoms with Gasteiger partial charge < -0.3 is 4.98 Å². The molecule has 62 valence electrons. The van der Waals surface area contributed by atoms with Crippen LogP contribution in [0.2, 0.25) is 5.02 Å². The number of nitrogens with zero attached hydrogens (tertiary/aromatic N) is 1. The molecule has 0 aliphatic rings. The molecular formula is C8H6Cl2N2. The van der Waals surface area contributed by atoms with Crippen LogP contribution in [0.4, 0.5) is 0 Å². The van der Waals surface area contributed by atoms with Gasteiger partial charge in [-0.25, -0.2) is 4.98 Å². The number of imidazole rings is 1. The highest BCUT2D eigenvalue weighted by Crippen LogP contribution is 2.24. The quantitative estimate of drug-likeness (QED) is 0.706. The van der Waals surface area contributed by atoms with E-state index in [1.165, 1.54) is 0 Å². The Kier molecular flexibility index (Phi) is 1.95. The molecule has 0 radical (unpaired) electrons. The lowest BCUT2D eigenvalue weighted by Gasteiger charge is -1.99. The van der Waals surface area contributed by atoms with E-state index >= 15 is 0 Å². The zero-order valence-electron chi connectivity index (χ0n) is 6.14. The van der Waals surface area contributed by atoms with E-state index in [4.69, 9.17) is 23.2 Å². The second kappa shape index (κ2) is 2.96. The number of hydrogen-bond donors (Lipinski definition) is 1. The Labute approximate surface area is 79.5 Å². The number of hydrogen-bond acceptors (Lipinski definition) is 1. The van der Waals surface area contributed by atoms with Crippen LogP contribution in [0.15, 0.2) is 18.5 Å². The van der Waals surface area contributed by atoms with E-state index in [1.54, 1.807) is 6.33 Å². The normalized spacial score (nSPS) is 10.8. The van der Waals surface area contributed by atoms with Gasteiger partial charge in [0, 0.05) is 10.6 Å². The molecule has 0 aliphatic carbocycles. The maximum absolute atomic E-state index is 5.92. The first-order valence-corrected chi connectivity index (χ1v) is 4.40. The van der Waals surface area contributed by atoms with Crippen molar-refractivity contribution < 1.29 is 0 Å². The number of H-pyrrole nitrogens is 1. The SMILES string of the molecule is ClCc1c(Cl)ccc2[nH]cnc12. The number of rotatable bonds is 1. The minimum absolute atomic E-state index is 0.390. The predicted octanol–water partition coefficient (Wildman–Crippen LogP) is 2.96. The summed E-state index contributed by atoms with van der Waals surface area (Å²) in [6.07, 6.45) is 1.64. The van der Waals surface area contributed by atoms with Crippen molar-refractivity contribution in [3.63, 3.8) is 0 Å². The third-order valence-electron chi connectivity index (χ3n) is 1.77. The molecule has 1 aromatic carbocycles. The van der Waals surface area contributed by atoms with Gasteiger partial charge in [0.05, 0.1) is 23.2 Å². The van der Waals surface area contributed by atoms with Gasteiger partial charge in [0.2, 0.25) is 0 Å². The standard InChI is InChI=1S/C8H6Cl2N2/c9-3-5-6(10)1-2-7-8(5)12-4-11-7/h1-2,4H,3H2,(H,11,12). The van der Waals surface area contributed by atoms with E-state index in [0.717, 1.165) is 16.6 Å². The van der Waals surface area contributed by atoms with E-state index in [2.05, 4.69) is 9.97 Å². The molecule has 1 heterocycles. The summed E-state index contributed by atoms with van der Waals surface area (Å²) in [6, 6.07) is 3.71. The van der Waals surface area contributed by atoms with E-state index in [0.29, 0.717) is 10.9 Å². The zero-order valence-corrected chi connectivity index (χ0v) is 7.65. The Bertz CT molecular complexity index is 408. The predicted molar refractivity (Wildman–Crippen MR) is 50.7 cm³/mol. The molecule has 1 aromatic heterocycles. The van der Waals surface area contributed by atoms with Gasteiger partial charge in [-0.3, -0.25) is 0 Å². The Morgan fingerprint density at radius 2 is 2.25 bits per heavy atom. The van der Waals surface area contributed by atoms with Crippen molar-refractivity contribution in [3.8, 4) is 0 Å². The Balaban J connectivity index is 2.83. The fraction of sp³-hybridized carbons (Fsp3) is 0.125. The van der Waals surface area contributed by atoms with Crippen molar-refractivity contribution in [2.75, 3.05) is 0 Å². The summed E-state index contributed by atoms with van der Waals surface area (Å²) in [5, 5.41) is 0.671. The van der Waals surface area contributed by atoms with Gasteiger partial charge in [0.1, 0.15) is 0 Å². The van der Waals surface area contributed by atoms with Crippen molar-refractivity contribution >= 4 is 34.2 Å². The summed E-state index contributed by atoms with van der Waals surface area (Å²) in [5.74, 6) is 0.390. The van der Waals surface area contributed by atoms with Gasteiger partial charge in [-0.2, -0.15) is 0 Å². The van der Waals surface area contributed by atoms with E-state index in [9.17, 15) is 0 Å². The van der Waals surface area contributed by atoms with Crippen molar-refractivity contribution in [1.82, 2.24) is 9.97 Å². The number of halogens is 2. The van der Waals surface area contributed by atoms with Gasteiger partial charge in [0.25, 0.3) is 0 Å². The monoisotopic (exact) mass is 200 g/mol. The molecule has 2 aromatic rings. The van der Waals surface area contributed by atoms with Crippen LogP contribution in [0.1, 0.15) is 5.56 Å². The van der Waals surface area contributed by atoms with E-state index in [-0.39, 0.29) is 0 Å². The van der Waals surface area contributed by atoms with Crippen LogP contribution in [-0.2, 0) is 5.88 Å². The first kappa shape index (κ1) is 7.90. The minimum atomic E-state index is 0.390. The molecule has 0 aliphatic heterocycles. The molecule has 0 spiro atoms. The molecule has 4 heteroatoms. The molecular weight excluding hydrogens is 195 g/mol. The molecule has 2 rings (SSSR count). The van der Waals surface area contributed by atoms with Crippen molar-refractivity contribution in [3.05, 3.63) is 29.0 Å². The fourth-order valence-corrected chi connectivity index (χ4v) is 1.73. The first-order valence-electron chi connectivity index (χ1n) is 3.49. The summed E-state index contributed by atoms with van der Waals surface area (Å²) < 4.78 is 0. The van der Waals surface area contributed by atoms with Crippen molar-refractivity contribution in [2.24, 2.45) is 0 Å². The maximum atomic E-state index is 5.92. The number of aromatic amines is 1. The van der Waals surface area contributed by atoms with Crippen LogP contribution >= 0.6 is 23.2 Å².